The van der Waals surface area contributed by atoms with Gasteiger partial charge in [-0.05, 0) is 47.7 Å². The Balaban J connectivity index is 1.47. The van der Waals surface area contributed by atoms with Crippen molar-refractivity contribution in [1.29, 1.82) is 0 Å². The Morgan fingerprint density at radius 2 is 1.93 bits per heavy atom. The van der Waals surface area contributed by atoms with Gasteiger partial charge in [-0.1, -0.05) is 37.8 Å². The van der Waals surface area contributed by atoms with Gasteiger partial charge in [0.15, 0.2) is 0 Å². The molecule has 0 fully saturated rings. The van der Waals surface area contributed by atoms with E-state index in [9.17, 15) is 4.79 Å². The maximum absolute atomic E-state index is 11.2. The highest BCUT2D eigenvalue weighted by atomic mass is 32.1. The fourth-order valence-corrected chi connectivity index (χ4v) is 7.04. The van der Waals surface area contributed by atoms with Crippen LogP contribution in [0.25, 0.3) is 53.6 Å². The van der Waals surface area contributed by atoms with Gasteiger partial charge < -0.3 is 20.1 Å². The van der Waals surface area contributed by atoms with Crippen molar-refractivity contribution in [2.24, 2.45) is 0 Å². The van der Waals surface area contributed by atoms with Crippen LogP contribution < -0.4 is 5.73 Å². The van der Waals surface area contributed by atoms with Gasteiger partial charge in [0.05, 0.1) is 23.4 Å². The molecule has 0 aliphatic carbocycles. The lowest BCUT2D eigenvalue weighted by Gasteiger charge is -2.16. The number of anilines is 1. The summed E-state index contributed by atoms with van der Waals surface area (Å²) in [6.07, 6.45) is 6.22. The number of nitrogen functional groups attached to an aromatic ring is 1. The number of fused-ring (bicyclic) bond motifs is 3. The largest absolute Gasteiger partial charge is 0.481 e. The van der Waals surface area contributed by atoms with Crippen LogP contribution in [0.3, 0.4) is 0 Å². The molecule has 6 aromatic rings. The van der Waals surface area contributed by atoms with Crippen molar-refractivity contribution in [3.05, 3.63) is 61.1 Å². The molecule has 0 atom stereocenters. The number of carboxylic acid groups (broad SMARTS) is 1. The van der Waals surface area contributed by atoms with Gasteiger partial charge in [-0.2, -0.15) is 5.10 Å². The molecule has 0 aliphatic heterocycles. The Hall–Kier alpha value is -4.06. The monoisotopic (exact) mass is 598 g/mol. The lowest BCUT2D eigenvalue weighted by Crippen LogP contribution is -2.22. The van der Waals surface area contributed by atoms with E-state index in [1.54, 1.807) is 17.5 Å². The van der Waals surface area contributed by atoms with Crippen LogP contribution in [0.2, 0.25) is 25.7 Å². The van der Waals surface area contributed by atoms with E-state index in [1.807, 2.05) is 21.6 Å². The summed E-state index contributed by atoms with van der Waals surface area (Å²) in [6, 6.07) is 16.1. The quantitative estimate of drug-likeness (QED) is 0.121. The van der Waals surface area contributed by atoms with Gasteiger partial charge >= 0.3 is 5.97 Å². The molecular formula is C31H34N6O3SSi. The molecule has 0 saturated carbocycles. The van der Waals surface area contributed by atoms with Crippen molar-refractivity contribution in [3.63, 3.8) is 0 Å². The number of aromatic nitrogens is 5. The van der Waals surface area contributed by atoms with E-state index in [0.29, 0.717) is 19.7 Å². The van der Waals surface area contributed by atoms with Gasteiger partial charge in [0.2, 0.25) is 5.95 Å². The van der Waals surface area contributed by atoms with Crippen LogP contribution in [0.15, 0.2) is 61.1 Å². The van der Waals surface area contributed by atoms with E-state index in [2.05, 4.69) is 72.1 Å². The second kappa shape index (κ2) is 11.3. The Kier molecular flexibility index (Phi) is 7.56. The van der Waals surface area contributed by atoms with Crippen LogP contribution in [0.1, 0.15) is 12.8 Å². The summed E-state index contributed by atoms with van der Waals surface area (Å²) >= 11 is 1.76. The molecule has 2 aromatic carbocycles. The van der Waals surface area contributed by atoms with Crippen molar-refractivity contribution in [3.8, 4) is 21.6 Å². The highest BCUT2D eigenvalue weighted by Gasteiger charge is 2.19. The van der Waals surface area contributed by atoms with Crippen LogP contribution in [0, 0.1) is 0 Å². The normalized spacial score (nSPS) is 12.2. The molecule has 4 heterocycles. The molecule has 6 rings (SSSR count). The number of aryl methyl sites for hydroxylation is 1. The Morgan fingerprint density at radius 3 is 2.71 bits per heavy atom. The number of aliphatic carboxylic acids is 1. The summed E-state index contributed by atoms with van der Waals surface area (Å²) in [4.78, 5) is 21.1. The lowest BCUT2D eigenvalue weighted by molar-refractivity contribution is -0.137. The highest BCUT2D eigenvalue weighted by molar-refractivity contribution is 7.22. The summed E-state index contributed by atoms with van der Waals surface area (Å²) in [5.74, 6) is -0.617. The van der Waals surface area contributed by atoms with Crippen molar-refractivity contribution < 1.29 is 14.6 Å². The maximum atomic E-state index is 11.2. The minimum atomic E-state index is -1.20. The predicted octanol–water partition coefficient (Wildman–Crippen LogP) is 7.09. The van der Waals surface area contributed by atoms with Crippen LogP contribution in [0.5, 0.6) is 0 Å². The van der Waals surface area contributed by atoms with E-state index in [4.69, 9.17) is 20.7 Å². The molecule has 3 N–H and O–H groups in total. The van der Waals surface area contributed by atoms with E-state index >= 15 is 0 Å². The average molecular weight is 599 g/mol. The molecule has 216 valence electrons. The van der Waals surface area contributed by atoms with E-state index < -0.39 is 14.0 Å². The maximum Gasteiger partial charge on any atom is 0.303 e. The predicted molar refractivity (Wildman–Crippen MR) is 172 cm³/mol. The highest BCUT2D eigenvalue weighted by Crippen LogP contribution is 2.41. The van der Waals surface area contributed by atoms with Gasteiger partial charge in [0.25, 0.3) is 0 Å². The molecule has 4 aromatic heterocycles. The van der Waals surface area contributed by atoms with E-state index in [-0.39, 0.29) is 12.4 Å². The first kappa shape index (κ1) is 28.1. The minimum Gasteiger partial charge on any atom is -0.481 e. The van der Waals surface area contributed by atoms with Gasteiger partial charge in [-0.15, -0.1) is 11.3 Å². The number of carbonyl (C=O) groups is 1. The van der Waals surface area contributed by atoms with Crippen molar-refractivity contribution in [2.45, 2.75) is 51.8 Å². The molecule has 0 aliphatic rings. The number of nitrogens with two attached hydrogens (primary N) is 1. The van der Waals surface area contributed by atoms with Crippen LogP contribution >= 0.6 is 11.3 Å². The van der Waals surface area contributed by atoms with E-state index in [1.165, 1.54) is 10.1 Å². The zero-order chi connectivity index (χ0) is 29.4. The number of rotatable bonds is 11. The third-order valence-corrected chi connectivity index (χ3v) is 10.2. The van der Waals surface area contributed by atoms with Gasteiger partial charge in [-0.3, -0.25) is 4.79 Å². The number of ether oxygens (including phenoxy) is 1. The molecule has 0 amide bonds. The van der Waals surface area contributed by atoms with E-state index in [0.717, 1.165) is 56.2 Å². The molecule has 42 heavy (non-hydrogen) atoms. The molecular weight excluding hydrogens is 565 g/mol. The zero-order valence-electron chi connectivity index (χ0n) is 24.0. The van der Waals surface area contributed by atoms with Crippen molar-refractivity contribution in [1.82, 2.24) is 24.3 Å². The molecule has 0 bridgehead atoms. The summed E-state index contributed by atoms with van der Waals surface area (Å²) < 4.78 is 11.3. The standard InChI is InChI=1S/C31H34N6O3SSi/c1-42(2,3)12-11-40-19-37-30-22(16-34-37)13-21(14-23(30)27-15-20-7-4-5-8-26(20)41-27)24-18-36(10-6-9-28(38)39)25-17-33-31(32)35-29(24)25/h4-5,7-8,13-18H,6,9-12,19H2,1-3H3,(H,38,39)(H2,32,33,35). The van der Waals surface area contributed by atoms with Crippen molar-refractivity contribution >= 4 is 63.4 Å². The van der Waals surface area contributed by atoms with Gasteiger partial charge in [0, 0.05) is 59.9 Å². The molecule has 0 unspecified atom stereocenters. The van der Waals surface area contributed by atoms with Crippen LogP contribution in [-0.4, -0.2) is 50.1 Å². The van der Waals surface area contributed by atoms with Gasteiger partial charge in [-0.25, -0.2) is 14.6 Å². The first-order chi connectivity index (χ1) is 20.2. The second-order valence-corrected chi connectivity index (χ2v) is 18.5. The number of benzene rings is 2. The summed E-state index contributed by atoms with van der Waals surface area (Å²) in [5.41, 5.74) is 11.6. The fourth-order valence-electron chi connectivity index (χ4n) is 5.20. The molecule has 9 nitrogen and oxygen atoms in total. The first-order valence-electron chi connectivity index (χ1n) is 14.1. The Bertz CT molecular complexity index is 1890. The lowest BCUT2D eigenvalue weighted by atomic mass is 10.0. The fraction of sp³-hybridized carbons (Fsp3) is 0.290. The second-order valence-electron chi connectivity index (χ2n) is 11.8. The number of thiophene rings is 1. The third kappa shape index (κ3) is 5.80. The number of nitrogens with zero attached hydrogens (tertiary/aromatic N) is 5. The minimum absolute atomic E-state index is 0.0894. The summed E-state index contributed by atoms with van der Waals surface area (Å²) in [6.45, 7) is 8.69. The first-order valence-corrected chi connectivity index (χ1v) is 18.6. The number of carboxylic acids is 1. The SMILES string of the molecule is C[Si](C)(C)CCOCn1ncc2cc(-c3cn(CCCC(=O)O)c4cnc(N)nc34)cc(-c3cc4ccccc4s3)c21. The third-order valence-electron chi connectivity index (χ3n) is 7.37. The van der Waals surface area contributed by atoms with Crippen molar-refractivity contribution in [2.75, 3.05) is 12.3 Å². The zero-order valence-corrected chi connectivity index (χ0v) is 25.8. The molecule has 0 radical (unpaired) electrons. The molecule has 0 spiro atoms. The Labute approximate surface area is 248 Å². The van der Waals surface area contributed by atoms with Gasteiger partial charge in [0.1, 0.15) is 12.2 Å². The average Bonchev–Trinajstić information content (AvgIpc) is 3.65. The Morgan fingerprint density at radius 1 is 1.10 bits per heavy atom. The summed E-state index contributed by atoms with van der Waals surface area (Å²) in [7, 11) is -1.20. The summed E-state index contributed by atoms with van der Waals surface area (Å²) in [5, 5.41) is 16.1. The van der Waals surface area contributed by atoms with Crippen LogP contribution in [0.4, 0.5) is 5.95 Å². The number of hydrogen-bond acceptors (Lipinski definition) is 7. The smallest absolute Gasteiger partial charge is 0.303 e. The molecule has 0 saturated heterocycles. The molecule has 11 heteroatoms. The van der Waals surface area contributed by atoms with Crippen LogP contribution in [-0.2, 0) is 22.8 Å². The number of hydrogen-bond donors (Lipinski definition) is 2. The topological polar surface area (TPSA) is 121 Å².